The largest absolute Gasteiger partial charge is 0.480 e. The zero-order valence-corrected chi connectivity index (χ0v) is 15.8. The molecule has 2 rings (SSSR count). The monoisotopic (exact) mass is 393 g/mol. The summed E-state index contributed by atoms with van der Waals surface area (Å²) >= 11 is 0. The first kappa shape index (κ1) is 21.0. The minimum Gasteiger partial charge on any atom is -0.480 e. The van der Waals surface area contributed by atoms with Crippen molar-refractivity contribution >= 4 is 24.1 Å². The fraction of sp³-hybridized carbons (Fsp3) is 0.444. The fourth-order valence-electron chi connectivity index (χ4n) is 2.68. The molecule has 1 fully saturated rings. The van der Waals surface area contributed by atoms with E-state index >= 15 is 0 Å². The zero-order valence-electron chi connectivity index (χ0n) is 15.8. The molecule has 28 heavy (non-hydrogen) atoms. The molecule has 0 radical (unpaired) electrons. The van der Waals surface area contributed by atoms with Gasteiger partial charge in [-0.1, -0.05) is 18.2 Å². The average molecular weight is 393 g/mol. The topological polar surface area (TPSA) is 134 Å². The lowest BCUT2D eigenvalue weighted by atomic mass is 10.1. The van der Waals surface area contributed by atoms with Gasteiger partial charge in [-0.2, -0.15) is 0 Å². The van der Waals surface area contributed by atoms with E-state index in [2.05, 4.69) is 10.2 Å². The van der Waals surface area contributed by atoms with Crippen molar-refractivity contribution in [3.8, 4) is 0 Å². The lowest BCUT2D eigenvalue weighted by molar-refractivity contribution is -0.141. The quantitative estimate of drug-likeness (QED) is 0.663. The van der Waals surface area contributed by atoms with Crippen molar-refractivity contribution in [1.82, 2.24) is 15.7 Å². The van der Waals surface area contributed by atoms with Crippen LogP contribution in [0.3, 0.4) is 0 Å². The van der Waals surface area contributed by atoms with E-state index in [1.165, 1.54) is 0 Å². The minimum atomic E-state index is -1.24. The number of ether oxygens (including phenoxy) is 1. The molecule has 0 spiro atoms. The molecular formula is C18H23N3O7. The number of amides is 3. The maximum absolute atomic E-state index is 12.2. The number of hydroxylamine groups is 1. The van der Waals surface area contributed by atoms with Crippen LogP contribution in [0.5, 0.6) is 0 Å². The predicted octanol–water partition coefficient (Wildman–Crippen LogP) is 1.52. The summed E-state index contributed by atoms with van der Waals surface area (Å²) < 4.78 is 4.93. The van der Waals surface area contributed by atoms with E-state index in [1.807, 2.05) is 5.48 Å². The van der Waals surface area contributed by atoms with Crippen LogP contribution in [0.4, 0.5) is 9.59 Å². The number of carbonyl (C=O) groups excluding carboxylic acids is 3. The van der Waals surface area contributed by atoms with Crippen LogP contribution in [-0.4, -0.2) is 58.3 Å². The Morgan fingerprint density at radius 1 is 1.14 bits per heavy atom. The van der Waals surface area contributed by atoms with E-state index in [-0.39, 0.29) is 18.9 Å². The van der Waals surface area contributed by atoms with Crippen LogP contribution in [0, 0.1) is 0 Å². The molecule has 10 nitrogen and oxygen atoms in total. The van der Waals surface area contributed by atoms with Gasteiger partial charge < -0.3 is 20.0 Å². The average Bonchev–Trinajstić information content (AvgIpc) is 3.03. The lowest BCUT2D eigenvalue weighted by Crippen LogP contribution is -2.45. The summed E-state index contributed by atoms with van der Waals surface area (Å²) in [6, 6.07) is 6.63. The summed E-state index contributed by atoms with van der Waals surface area (Å²) in [4.78, 5) is 53.0. The number of likely N-dealkylation sites (tertiary alicyclic amines) is 1. The summed E-state index contributed by atoms with van der Waals surface area (Å²) in [6.07, 6.45) is -2.04. The Kier molecular flexibility index (Phi) is 6.45. The molecule has 1 aliphatic rings. The van der Waals surface area contributed by atoms with E-state index in [9.17, 15) is 24.3 Å². The van der Waals surface area contributed by atoms with Gasteiger partial charge >= 0.3 is 18.2 Å². The van der Waals surface area contributed by atoms with Gasteiger partial charge in [0.2, 0.25) is 0 Å². The Balaban J connectivity index is 1.95. The Morgan fingerprint density at radius 3 is 2.36 bits per heavy atom. The normalized spacial score (nSPS) is 18.9. The van der Waals surface area contributed by atoms with E-state index in [0.717, 1.165) is 4.90 Å². The molecule has 2 atom stereocenters. The van der Waals surface area contributed by atoms with Gasteiger partial charge in [-0.05, 0) is 32.9 Å². The number of nitrogens with one attached hydrogen (secondary N) is 2. The Morgan fingerprint density at radius 2 is 1.79 bits per heavy atom. The number of carbonyl (C=O) groups is 4. The van der Waals surface area contributed by atoms with E-state index in [4.69, 9.17) is 4.74 Å². The lowest BCUT2D eigenvalue weighted by Gasteiger charge is -2.22. The van der Waals surface area contributed by atoms with Gasteiger partial charge in [0.15, 0.2) is 0 Å². The predicted molar refractivity (Wildman–Crippen MR) is 96.3 cm³/mol. The summed E-state index contributed by atoms with van der Waals surface area (Å²) in [7, 11) is 0. The molecule has 1 saturated heterocycles. The van der Waals surface area contributed by atoms with Gasteiger partial charge in [-0.3, -0.25) is 9.69 Å². The molecular weight excluding hydrogens is 370 g/mol. The van der Waals surface area contributed by atoms with Gasteiger partial charge in [-0.15, -0.1) is 5.48 Å². The fourth-order valence-corrected chi connectivity index (χ4v) is 2.68. The maximum atomic E-state index is 12.2. The molecule has 0 saturated carbocycles. The first-order valence-corrected chi connectivity index (χ1v) is 8.62. The Bertz CT molecular complexity index is 745. The standard InChI is InChI=1S/C18H23N3O7/c1-18(2,3)27-16(25)20-28-17(26)21-10-12(9-13(21)15(23)24)19-14(22)11-7-5-4-6-8-11/h4-8,12-13H,9-10H2,1-3H3,(H,19,22)(H,20,25)(H,23,24)/t12-,13+/m1/s1. The highest BCUT2D eigenvalue weighted by molar-refractivity contribution is 5.94. The van der Waals surface area contributed by atoms with E-state index in [1.54, 1.807) is 51.1 Å². The van der Waals surface area contributed by atoms with Crippen LogP contribution in [0.2, 0.25) is 0 Å². The third kappa shape index (κ3) is 5.86. The highest BCUT2D eigenvalue weighted by Gasteiger charge is 2.41. The second-order valence-corrected chi connectivity index (χ2v) is 7.25. The number of hydrogen-bond donors (Lipinski definition) is 3. The second-order valence-electron chi connectivity index (χ2n) is 7.25. The number of benzene rings is 1. The second kappa shape index (κ2) is 8.59. The molecule has 3 N–H and O–H groups in total. The summed E-state index contributed by atoms with van der Waals surface area (Å²) in [5.41, 5.74) is 1.45. The van der Waals surface area contributed by atoms with Crippen LogP contribution in [0.15, 0.2) is 30.3 Å². The van der Waals surface area contributed by atoms with Crippen LogP contribution in [0.25, 0.3) is 0 Å². The van der Waals surface area contributed by atoms with Crippen LogP contribution in [0.1, 0.15) is 37.6 Å². The van der Waals surface area contributed by atoms with Crippen molar-refractivity contribution in [2.75, 3.05) is 6.54 Å². The molecule has 10 heteroatoms. The highest BCUT2D eigenvalue weighted by atomic mass is 16.7. The van der Waals surface area contributed by atoms with Gasteiger partial charge in [0.05, 0.1) is 0 Å². The summed E-state index contributed by atoms with van der Waals surface area (Å²) in [5, 5.41) is 12.1. The maximum Gasteiger partial charge on any atom is 0.441 e. The molecule has 0 aliphatic carbocycles. The van der Waals surface area contributed by atoms with Crippen molar-refractivity contribution in [3.63, 3.8) is 0 Å². The number of rotatable bonds is 3. The highest BCUT2D eigenvalue weighted by Crippen LogP contribution is 2.20. The van der Waals surface area contributed by atoms with Crippen LogP contribution >= 0.6 is 0 Å². The minimum absolute atomic E-state index is 0.00937. The van der Waals surface area contributed by atoms with Crippen molar-refractivity contribution in [1.29, 1.82) is 0 Å². The first-order valence-electron chi connectivity index (χ1n) is 8.62. The zero-order chi connectivity index (χ0) is 20.9. The van der Waals surface area contributed by atoms with Gasteiger partial charge in [0, 0.05) is 24.6 Å². The molecule has 1 aliphatic heterocycles. The Labute approximate surface area is 161 Å². The molecule has 0 bridgehead atoms. The molecule has 3 amide bonds. The number of carboxylic acid groups (broad SMARTS) is 1. The smallest absolute Gasteiger partial charge is 0.441 e. The molecule has 1 aromatic carbocycles. The number of hydrogen-bond acceptors (Lipinski definition) is 6. The molecule has 0 aromatic heterocycles. The van der Waals surface area contributed by atoms with Gasteiger partial charge in [-0.25, -0.2) is 14.4 Å². The van der Waals surface area contributed by atoms with E-state index in [0.29, 0.717) is 5.56 Å². The third-order valence-corrected chi connectivity index (χ3v) is 3.81. The Hall–Kier alpha value is -3.30. The van der Waals surface area contributed by atoms with Gasteiger partial charge in [0.1, 0.15) is 11.6 Å². The summed E-state index contributed by atoms with van der Waals surface area (Å²) in [6.45, 7) is 4.82. The van der Waals surface area contributed by atoms with Crippen molar-refractivity contribution in [2.45, 2.75) is 44.9 Å². The van der Waals surface area contributed by atoms with E-state index < -0.39 is 35.8 Å². The molecule has 1 aromatic rings. The van der Waals surface area contributed by atoms with Crippen LogP contribution in [-0.2, 0) is 14.4 Å². The number of carboxylic acids is 1. The number of aliphatic carboxylic acids is 1. The SMILES string of the molecule is CC(C)(C)OC(=O)NOC(=O)N1C[C@H](NC(=O)c2ccccc2)C[C@H]1C(=O)O. The molecule has 0 unspecified atom stereocenters. The van der Waals surface area contributed by atoms with Gasteiger partial charge in [0.25, 0.3) is 5.91 Å². The molecule has 152 valence electrons. The van der Waals surface area contributed by atoms with Crippen molar-refractivity contribution < 1.29 is 33.9 Å². The molecule has 1 heterocycles. The third-order valence-electron chi connectivity index (χ3n) is 3.81. The van der Waals surface area contributed by atoms with Crippen LogP contribution < -0.4 is 10.8 Å². The first-order chi connectivity index (χ1) is 13.1. The summed E-state index contributed by atoms with van der Waals surface area (Å²) in [5.74, 6) is -1.62. The number of nitrogens with zero attached hydrogens (tertiary/aromatic N) is 1. The van der Waals surface area contributed by atoms with Crippen molar-refractivity contribution in [2.24, 2.45) is 0 Å². The van der Waals surface area contributed by atoms with Crippen molar-refractivity contribution in [3.05, 3.63) is 35.9 Å².